The van der Waals surface area contributed by atoms with Crippen LogP contribution in [0.5, 0.6) is 0 Å². The topological polar surface area (TPSA) is 15.9 Å². The highest BCUT2D eigenvalue weighted by atomic mass is 15.3. The molecule has 1 saturated heterocycles. The first-order valence-electron chi connectivity index (χ1n) is 4.54. The van der Waals surface area contributed by atoms with Crippen molar-refractivity contribution >= 4 is 16.7 Å². The highest BCUT2D eigenvalue weighted by Gasteiger charge is 2.18. The molecule has 0 amide bonds. The zero-order valence-corrected chi connectivity index (χ0v) is 7.27. The lowest BCUT2D eigenvalue weighted by molar-refractivity contribution is 1.27. The molecular formula is C11H10N2. The van der Waals surface area contributed by atoms with E-state index in [4.69, 9.17) is 0 Å². The van der Waals surface area contributed by atoms with Crippen molar-refractivity contribution < 1.29 is 0 Å². The number of aromatic nitrogens is 1. The summed E-state index contributed by atoms with van der Waals surface area (Å²) in [5, 5.41) is 1.22. The Balaban J connectivity index is 2.21. The molecule has 1 aromatic carbocycles. The normalized spacial score (nSPS) is 14.9. The fourth-order valence-corrected chi connectivity index (χ4v) is 1.51. The molecule has 0 unspecified atom stereocenters. The highest BCUT2D eigenvalue weighted by molar-refractivity contribution is 5.80. The van der Waals surface area contributed by atoms with Gasteiger partial charge in [-0.25, -0.2) is 4.98 Å². The molecule has 1 aromatic heterocycles. The van der Waals surface area contributed by atoms with E-state index in [-0.39, 0.29) is 0 Å². The third kappa shape index (κ3) is 1.15. The lowest BCUT2D eigenvalue weighted by Crippen LogP contribution is -1.93. The summed E-state index contributed by atoms with van der Waals surface area (Å²) in [7, 11) is 0. The molecule has 0 atom stereocenters. The zero-order valence-electron chi connectivity index (χ0n) is 7.27. The molecule has 0 radical (unpaired) electrons. The lowest BCUT2D eigenvalue weighted by atomic mass is 10.2. The minimum atomic E-state index is 1.09. The molecule has 2 heteroatoms. The highest BCUT2D eigenvalue weighted by Crippen LogP contribution is 2.21. The fraction of sp³-hybridized carbons (Fsp3) is 0.182. The van der Waals surface area contributed by atoms with E-state index in [1.807, 2.05) is 12.1 Å². The average Bonchev–Trinajstić information content (AvgIpc) is 3.00. The van der Waals surface area contributed by atoms with Crippen LogP contribution in [-0.2, 0) is 0 Å². The Bertz CT molecular complexity index is 447. The smallest absolute Gasteiger partial charge is 0.129 e. The van der Waals surface area contributed by atoms with E-state index < -0.39 is 0 Å². The third-order valence-corrected chi connectivity index (χ3v) is 2.35. The maximum Gasteiger partial charge on any atom is 0.129 e. The number of hydrogen-bond donors (Lipinski definition) is 0. The Morgan fingerprint density at radius 3 is 2.69 bits per heavy atom. The molecule has 3 rings (SSSR count). The van der Waals surface area contributed by atoms with Gasteiger partial charge >= 0.3 is 0 Å². The van der Waals surface area contributed by atoms with E-state index in [1.165, 1.54) is 5.39 Å². The molecule has 1 aliphatic heterocycles. The molecule has 0 aliphatic carbocycles. The Kier molecular flexibility index (Phi) is 1.30. The van der Waals surface area contributed by atoms with E-state index in [1.54, 1.807) is 0 Å². The van der Waals surface area contributed by atoms with Crippen molar-refractivity contribution in [3.63, 3.8) is 0 Å². The van der Waals surface area contributed by atoms with Crippen LogP contribution in [0.4, 0.5) is 5.82 Å². The van der Waals surface area contributed by atoms with Crippen molar-refractivity contribution in [3.8, 4) is 0 Å². The number of benzene rings is 1. The number of hydrogen-bond acceptors (Lipinski definition) is 2. The summed E-state index contributed by atoms with van der Waals surface area (Å²) < 4.78 is 0. The largest absolute Gasteiger partial charge is 0.353 e. The average molecular weight is 170 g/mol. The summed E-state index contributed by atoms with van der Waals surface area (Å²) in [5.41, 5.74) is 1.09. The second kappa shape index (κ2) is 2.46. The van der Waals surface area contributed by atoms with Crippen LogP contribution < -0.4 is 4.90 Å². The fourth-order valence-electron chi connectivity index (χ4n) is 1.51. The SMILES string of the molecule is c1ccc2nc(N3CC3)ccc2c1. The van der Waals surface area contributed by atoms with Gasteiger partial charge in [0.1, 0.15) is 5.82 Å². The standard InChI is InChI=1S/C11H10N2/c1-2-4-10-9(3-1)5-6-11(12-10)13-7-8-13/h1-6H,7-8H2. The molecule has 1 aliphatic rings. The lowest BCUT2D eigenvalue weighted by Gasteiger charge is -2.02. The maximum absolute atomic E-state index is 4.56. The molecular weight excluding hydrogens is 160 g/mol. The molecule has 13 heavy (non-hydrogen) atoms. The molecule has 0 spiro atoms. The molecule has 0 N–H and O–H groups in total. The molecule has 1 fully saturated rings. The van der Waals surface area contributed by atoms with E-state index >= 15 is 0 Å². The van der Waals surface area contributed by atoms with Crippen molar-refractivity contribution in [1.82, 2.24) is 4.98 Å². The summed E-state index contributed by atoms with van der Waals surface area (Å²) in [4.78, 5) is 6.82. The van der Waals surface area contributed by atoms with Crippen molar-refractivity contribution in [2.75, 3.05) is 18.0 Å². The van der Waals surface area contributed by atoms with Crippen LogP contribution in [0, 0.1) is 0 Å². The molecule has 0 bridgehead atoms. The molecule has 64 valence electrons. The molecule has 2 heterocycles. The van der Waals surface area contributed by atoms with Crippen molar-refractivity contribution in [1.29, 1.82) is 0 Å². The second-order valence-electron chi connectivity index (χ2n) is 3.35. The van der Waals surface area contributed by atoms with Gasteiger partial charge in [-0.3, -0.25) is 0 Å². The zero-order chi connectivity index (χ0) is 8.67. The van der Waals surface area contributed by atoms with E-state index in [0.717, 1.165) is 24.4 Å². The Labute approximate surface area is 76.8 Å². The van der Waals surface area contributed by atoms with Crippen LogP contribution in [0.15, 0.2) is 36.4 Å². The van der Waals surface area contributed by atoms with Gasteiger partial charge in [-0.15, -0.1) is 0 Å². The van der Waals surface area contributed by atoms with Crippen molar-refractivity contribution in [2.24, 2.45) is 0 Å². The van der Waals surface area contributed by atoms with Crippen LogP contribution >= 0.6 is 0 Å². The predicted octanol–water partition coefficient (Wildman–Crippen LogP) is 2.05. The van der Waals surface area contributed by atoms with E-state index in [0.29, 0.717) is 0 Å². The number of anilines is 1. The van der Waals surface area contributed by atoms with Gasteiger partial charge in [0.05, 0.1) is 5.52 Å². The summed E-state index contributed by atoms with van der Waals surface area (Å²) in [6.07, 6.45) is 0. The minimum absolute atomic E-state index is 1.09. The molecule has 2 nitrogen and oxygen atoms in total. The Morgan fingerprint density at radius 2 is 1.85 bits per heavy atom. The third-order valence-electron chi connectivity index (χ3n) is 2.35. The molecule has 2 aromatic rings. The van der Waals surface area contributed by atoms with Gasteiger partial charge in [-0.1, -0.05) is 18.2 Å². The Morgan fingerprint density at radius 1 is 1.00 bits per heavy atom. The van der Waals surface area contributed by atoms with Crippen molar-refractivity contribution in [3.05, 3.63) is 36.4 Å². The number of para-hydroxylation sites is 1. The van der Waals surface area contributed by atoms with Crippen LogP contribution in [0.3, 0.4) is 0 Å². The number of rotatable bonds is 1. The first-order chi connectivity index (χ1) is 6.43. The second-order valence-corrected chi connectivity index (χ2v) is 3.35. The number of fused-ring (bicyclic) bond motifs is 1. The van der Waals surface area contributed by atoms with E-state index in [2.05, 4.69) is 34.1 Å². The molecule has 0 saturated carbocycles. The maximum atomic E-state index is 4.56. The number of pyridine rings is 1. The number of nitrogens with zero attached hydrogens (tertiary/aromatic N) is 2. The van der Waals surface area contributed by atoms with Gasteiger partial charge in [0.25, 0.3) is 0 Å². The summed E-state index contributed by atoms with van der Waals surface area (Å²) in [6.45, 7) is 2.32. The van der Waals surface area contributed by atoms with E-state index in [9.17, 15) is 0 Å². The quantitative estimate of drug-likeness (QED) is 0.609. The first kappa shape index (κ1) is 6.89. The first-order valence-corrected chi connectivity index (χ1v) is 4.54. The summed E-state index contributed by atoms with van der Waals surface area (Å²) >= 11 is 0. The van der Waals surface area contributed by atoms with Crippen LogP contribution in [0.2, 0.25) is 0 Å². The van der Waals surface area contributed by atoms with Gasteiger partial charge in [-0.2, -0.15) is 0 Å². The van der Waals surface area contributed by atoms with Crippen molar-refractivity contribution in [2.45, 2.75) is 0 Å². The van der Waals surface area contributed by atoms with Gasteiger partial charge in [0.2, 0.25) is 0 Å². The summed E-state index contributed by atoms with van der Waals surface area (Å²) in [6, 6.07) is 12.4. The van der Waals surface area contributed by atoms with Crippen LogP contribution in [0.25, 0.3) is 10.9 Å². The minimum Gasteiger partial charge on any atom is -0.353 e. The Hall–Kier alpha value is -1.57. The predicted molar refractivity (Wildman–Crippen MR) is 54.0 cm³/mol. The monoisotopic (exact) mass is 170 g/mol. The summed E-state index contributed by atoms with van der Waals surface area (Å²) in [5.74, 6) is 1.11. The van der Waals surface area contributed by atoms with Gasteiger partial charge in [-0.05, 0) is 18.2 Å². The van der Waals surface area contributed by atoms with Gasteiger partial charge in [0, 0.05) is 18.5 Å². The van der Waals surface area contributed by atoms with Gasteiger partial charge < -0.3 is 4.90 Å². The van der Waals surface area contributed by atoms with Crippen LogP contribution in [-0.4, -0.2) is 18.1 Å². The van der Waals surface area contributed by atoms with Gasteiger partial charge in [0.15, 0.2) is 0 Å². The van der Waals surface area contributed by atoms with Crippen LogP contribution in [0.1, 0.15) is 0 Å².